The van der Waals surface area contributed by atoms with Crippen LogP contribution in [0.15, 0.2) is 12.2 Å². The normalized spacial score (nSPS) is 7.82. The minimum atomic E-state index is 1.26. The molecule has 0 heterocycles. The van der Waals surface area contributed by atoms with E-state index in [4.69, 9.17) is 0 Å². The van der Waals surface area contributed by atoms with E-state index in [0.29, 0.717) is 0 Å². The summed E-state index contributed by atoms with van der Waals surface area (Å²) < 4.78 is 0. The fourth-order valence-corrected chi connectivity index (χ4v) is 0.612. The molecule has 0 aromatic rings. The molecule has 11 heavy (non-hydrogen) atoms. The molecule has 0 aliphatic heterocycles. The van der Waals surface area contributed by atoms with Crippen LogP contribution in [0.1, 0.15) is 26.7 Å². The molecule has 0 bridgehead atoms. The van der Waals surface area contributed by atoms with Gasteiger partial charge >= 0.3 is 27.7 Å². The van der Waals surface area contributed by atoms with E-state index in [1.807, 2.05) is 13.0 Å². The van der Waals surface area contributed by atoms with Gasteiger partial charge in [0, 0.05) is 0 Å². The average molecular weight is 287 g/mol. The molecule has 0 rings (SSSR count). The first kappa shape index (κ1) is 17.9. The van der Waals surface area contributed by atoms with E-state index in [0.717, 1.165) is 0 Å². The molecule has 1 unspecified atom stereocenters. The van der Waals surface area contributed by atoms with Gasteiger partial charge in [0.1, 0.15) is 0 Å². The van der Waals surface area contributed by atoms with Gasteiger partial charge in [0.2, 0.25) is 0 Å². The van der Waals surface area contributed by atoms with Crippen LogP contribution in [0.25, 0.3) is 0 Å². The van der Waals surface area contributed by atoms with Gasteiger partial charge in [0.15, 0.2) is 0 Å². The van der Waals surface area contributed by atoms with E-state index >= 15 is 0 Å². The monoisotopic (exact) mass is 286 g/mol. The van der Waals surface area contributed by atoms with Gasteiger partial charge in [0.25, 0.3) is 0 Å². The Morgan fingerprint density at radius 2 is 1.91 bits per heavy atom. The zero-order valence-electron chi connectivity index (χ0n) is 7.25. The average Bonchev–Trinajstić information content (AvgIpc) is 2.10. The molecule has 0 aromatic carbocycles. The second kappa shape index (κ2) is 30.6. The van der Waals surface area contributed by atoms with Crippen molar-refractivity contribution in [2.24, 2.45) is 0 Å². The SMILES string of the molecule is CCCCP.[CH2-]C=CC.[Cl][Pd+]. The first-order valence-corrected chi connectivity index (χ1v) is 6.37. The Kier molecular flexibility index (Phi) is 49.8. The molecule has 0 aromatic heterocycles. The molecular weight excluding hydrogens is 269 g/mol. The van der Waals surface area contributed by atoms with Gasteiger partial charge in [-0.05, 0) is 6.16 Å². The van der Waals surface area contributed by atoms with Crippen LogP contribution in [0.2, 0.25) is 0 Å². The molecule has 0 amide bonds. The van der Waals surface area contributed by atoms with Crippen molar-refractivity contribution in [2.45, 2.75) is 26.7 Å². The van der Waals surface area contributed by atoms with Crippen LogP contribution in [0.4, 0.5) is 0 Å². The quantitative estimate of drug-likeness (QED) is 0.412. The van der Waals surface area contributed by atoms with Crippen molar-refractivity contribution in [3.8, 4) is 0 Å². The maximum atomic E-state index is 4.49. The Morgan fingerprint density at radius 1 is 1.55 bits per heavy atom. The topological polar surface area (TPSA) is 0 Å². The number of allylic oxidation sites excluding steroid dienone is 2. The number of hydrogen-bond donors (Lipinski definition) is 0. The van der Waals surface area contributed by atoms with E-state index in [2.05, 4.69) is 50.8 Å². The summed E-state index contributed by atoms with van der Waals surface area (Å²) in [5.74, 6) is 0. The Hall–Kier alpha value is 0.992. The summed E-state index contributed by atoms with van der Waals surface area (Å²) in [5.41, 5.74) is 0. The summed E-state index contributed by atoms with van der Waals surface area (Å²) in [6.07, 6.45) is 7.57. The van der Waals surface area contributed by atoms with E-state index < -0.39 is 0 Å². The number of halogens is 1. The van der Waals surface area contributed by atoms with E-state index in [1.54, 1.807) is 6.08 Å². The first-order chi connectivity index (χ1) is 5.33. The molecule has 3 heteroatoms. The van der Waals surface area contributed by atoms with Gasteiger partial charge in [-0.15, -0.1) is 16.2 Å². The van der Waals surface area contributed by atoms with E-state index in [-0.39, 0.29) is 0 Å². The molecule has 72 valence electrons. The summed E-state index contributed by atoms with van der Waals surface area (Å²) >= 11 is 2.22. The molecule has 0 aliphatic carbocycles. The molecule has 0 saturated carbocycles. The molecule has 1 atom stereocenters. The summed E-state index contributed by atoms with van der Waals surface area (Å²) in [4.78, 5) is 0. The maximum absolute atomic E-state index is 4.49. The van der Waals surface area contributed by atoms with Crippen LogP contribution in [0.5, 0.6) is 0 Å². The Labute approximate surface area is 88.8 Å². The third-order valence-corrected chi connectivity index (χ3v) is 1.20. The van der Waals surface area contributed by atoms with Crippen molar-refractivity contribution < 1.29 is 18.2 Å². The van der Waals surface area contributed by atoms with E-state index in [9.17, 15) is 0 Å². The molecule has 0 nitrogen and oxygen atoms in total. The fraction of sp³-hybridized carbons (Fsp3) is 0.625. The molecule has 0 spiro atoms. The van der Waals surface area contributed by atoms with E-state index in [1.165, 1.54) is 19.0 Å². The fourth-order valence-electron chi connectivity index (χ4n) is 0.204. The van der Waals surface area contributed by atoms with Crippen molar-refractivity contribution in [1.82, 2.24) is 0 Å². The first-order valence-electron chi connectivity index (χ1n) is 3.55. The zero-order chi connectivity index (χ0) is 9.54. The molecule has 0 aliphatic rings. The van der Waals surface area contributed by atoms with Gasteiger partial charge in [0.05, 0.1) is 0 Å². The summed E-state index contributed by atoms with van der Waals surface area (Å²) in [6, 6.07) is 0. The number of rotatable bonds is 2. The van der Waals surface area contributed by atoms with Crippen LogP contribution in [-0.4, -0.2) is 6.16 Å². The van der Waals surface area contributed by atoms with Gasteiger partial charge < -0.3 is 0 Å². The van der Waals surface area contributed by atoms with Crippen molar-refractivity contribution in [2.75, 3.05) is 6.16 Å². The van der Waals surface area contributed by atoms with Crippen molar-refractivity contribution in [3.05, 3.63) is 19.1 Å². The van der Waals surface area contributed by atoms with Gasteiger partial charge in [-0.2, -0.15) is 0 Å². The van der Waals surface area contributed by atoms with Crippen molar-refractivity contribution in [3.63, 3.8) is 0 Å². The third kappa shape index (κ3) is 55.8. The Balaban J connectivity index is -0.0000000965. The summed E-state index contributed by atoms with van der Waals surface area (Å²) in [5, 5.41) is 0. The second-order valence-electron chi connectivity index (χ2n) is 1.71. The Morgan fingerprint density at radius 3 is 1.91 bits per heavy atom. The van der Waals surface area contributed by atoms with Gasteiger partial charge in [-0.3, -0.25) is 0 Å². The van der Waals surface area contributed by atoms with Crippen LogP contribution in [-0.2, 0) is 18.2 Å². The minimum absolute atomic E-state index is 1.26. The predicted octanol–water partition coefficient (Wildman–Crippen LogP) is 3.75. The van der Waals surface area contributed by atoms with Crippen LogP contribution in [0.3, 0.4) is 0 Å². The third-order valence-electron chi connectivity index (χ3n) is 0.793. The summed E-state index contributed by atoms with van der Waals surface area (Å²) in [6.45, 7) is 7.56. The van der Waals surface area contributed by atoms with Crippen molar-refractivity contribution in [1.29, 1.82) is 0 Å². The standard InChI is InChI=1S/C4H11P.C4H7.ClH.Pd/c1-2-3-4-5;1-3-4-2;;/h2-5H2,1H3;3-4H,1H2,2H3;1H;/q;-1;;+2/p-1. The van der Waals surface area contributed by atoms with Gasteiger partial charge in [-0.1, -0.05) is 19.8 Å². The Bertz CT molecular complexity index is 52.1. The molecule has 0 fully saturated rings. The molecule has 0 saturated heterocycles. The molecular formula is C8H18ClPPd. The summed E-state index contributed by atoms with van der Waals surface area (Å²) in [7, 11) is 7.19. The molecule has 0 N–H and O–H groups in total. The second-order valence-corrected chi connectivity index (χ2v) is 2.29. The molecule has 0 radical (unpaired) electrons. The number of hydrogen-bond acceptors (Lipinski definition) is 0. The van der Waals surface area contributed by atoms with Crippen LogP contribution in [0, 0.1) is 6.92 Å². The van der Waals surface area contributed by atoms with Crippen LogP contribution >= 0.6 is 18.8 Å². The predicted molar refractivity (Wildman–Crippen MR) is 55.5 cm³/mol. The van der Waals surface area contributed by atoms with Crippen LogP contribution < -0.4 is 0 Å². The van der Waals surface area contributed by atoms with Crippen molar-refractivity contribution >= 4 is 18.8 Å². The zero-order valence-corrected chi connectivity index (χ0v) is 10.7. The number of unbranched alkanes of at least 4 members (excludes halogenated alkanes) is 1. The van der Waals surface area contributed by atoms with Gasteiger partial charge in [-0.25, -0.2) is 19.1 Å².